The zero-order valence-corrected chi connectivity index (χ0v) is 10.8. The average Bonchev–Trinajstić information content (AvgIpc) is 2.46. The Morgan fingerprint density at radius 3 is 2.89 bits per heavy atom. The molecule has 0 aliphatic heterocycles. The molecule has 1 aromatic heterocycles. The van der Waals surface area contributed by atoms with Crippen LogP contribution in [0.1, 0.15) is 23.6 Å². The van der Waals surface area contributed by atoms with Crippen molar-refractivity contribution < 1.29 is 9.13 Å². The molecule has 1 unspecified atom stereocenters. The molecular formula is C15H17FN2O. The van der Waals surface area contributed by atoms with Gasteiger partial charge in [0.05, 0.1) is 7.11 Å². The summed E-state index contributed by atoms with van der Waals surface area (Å²) in [5.74, 6) is 0.327. The van der Waals surface area contributed by atoms with Crippen LogP contribution in [0, 0.1) is 5.82 Å². The van der Waals surface area contributed by atoms with Gasteiger partial charge in [-0.3, -0.25) is 4.98 Å². The summed E-state index contributed by atoms with van der Waals surface area (Å²) >= 11 is 0. The van der Waals surface area contributed by atoms with Gasteiger partial charge in [0.15, 0.2) is 0 Å². The number of nitrogens with two attached hydrogens (primary N) is 1. The molecule has 0 saturated heterocycles. The molecule has 19 heavy (non-hydrogen) atoms. The number of halogens is 1. The lowest BCUT2D eigenvalue weighted by Crippen LogP contribution is -2.13. The van der Waals surface area contributed by atoms with Gasteiger partial charge in [0, 0.05) is 24.0 Å². The predicted octanol–water partition coefficient (Wildman–Crippen LogP) is 2.86. The van der Waals surface area contributed by atoms with Crippen LogP contribution in [0.4, 0.5) is 4.39 Å². The molecule has 0 bridgehead atoms. The summed E-state index contributed by atoms with van der Waals surface area (Å²) in [5, 5.41) is 0. The first kappa shape index (κ1) is 13.5. The first-order valence-electron chi connectivity index (χ1n) is 6.18. The summed E-state index contributed by atoms with van der Waals surface area (Å²) in [5.41, 5.74) is 7.94. The van der Waals surface area contributed by atoms with Gasteiger partial charge in [-0.15, -0.1) is 0 Å². The van der Waals surface area contributed by atoms with Crippen LogP contribution in [0.15, 0.2) is 42.7 Å². The highest BCUT2D eigenvalue weighted by atomic mass is 19.1. The number of hydrogen-bond donors (Lipinski definition) is 1. The SMILES string of the molecule is COc1ccc(F)cc1C(N)CCc1cccnc1. The van der Waals surface area contributed by atoms with E-state index in [2.05, 4.69) is 4.98 Å². The lowest BCUT2D eigenvalue weighted by atomic mass is 9.99. The van der Waals surface area contributed by atoms with Crippen molar-refractivity contribution in [2.24, 2.45) is 5.73 Å². The van der Waals surface area contributed by atoms with E-state index in [0.717, 1.165) is 12.0 Å². The maximum absolute atomic E-state index is 13.3. The van der Waals surface area contributed by atoms with E-state index in [1.807, 2.05) is 18.3 Å². The normalized spacial score (nSPS) is 12.2. The quantitative estimate of drug-likeness (QED) is 0.899. The Hall–Kier alpha value is -1.94. The highest BCUT2D eigenvalue weighted by molar-refractivity contribution is 5.36. The monoisotopic (exact) mass is 260 g/mol. The van der Waals surface area contributed by atoms with Gasteiger partial charge in [0.25, 0.3) is 0 Å². The van der Waals surface area contributed by atoms with Crippen LogP contribution in [0.3, 0.4) is 0 Å². The summed E-state index contributed by atoms with van der Waals surface area (Å²) < 4.78 is 18.5. The van der Waals surface area contributed by atoms with Gasteiger partial charge in [-0.05, 0) is 42.7 Å². The molecule has 0 amide bonds. The summed E-state index contributed by atoms with van der Waals surface area (Å²) in [6.45, 7) is 0. The number of aromatic nitrogens is 1. The standard InChI is InChI=1S/C15H17FN2O/c1-19-15-7-5-12(16)9-13(15)14(17)6-4-11-3-2-8-18-10-11/h2-3,5,7-10,14H,4,6,17H2,1H3. The highest BCUT2D eigenvalue weighted by Crippen LogP contribution is 2.27. The van der Waals surface area contributed by atoms with Gasteiger partial charge in [0.1, 0.15) is 11.6 Å². The summed E-state index contributed by atoms with van der Waals surface area (Å²) in [4.78, 5) is 4.06. The van der Waals surface area contributed by atoms with Crippen LogP contribution < -0.4 is 10.5 Å². The van der Waals surface area contributed by atoms with E-state index < -0.39 is 0 Å². The van der Waals surface area contributed by atoms with E-state index in [-0.39, 0.29) is 11.9 Å². The molecule has 1 aromatic carbocycles. The second kappa shape index (κ2) is 6.29. The largest absolute Gasteiger partial charge is 0.496 e. The lowest BCUT2D eigenvalue weighted by molar-refractivity contribution is 0.402. The number of hydrogen-bond acceptors (Lipinski definition) is 3. The van der Waals surface area contributed by atoms with Crippen LogP contribution in [0.2, 0.25) is 0 Å². The van der Waals surface area contributed by atoms with Crippen LogP contribution in [-0.2, 0) is 6.42 Å². The molecule has 0 spiro atoms. The summed E-state index contributed by atoms with van der Waals surface area (Å²) in [6, 6.07) is 8.05. The molecule has 2 N–H and O–H groups in total. The number of benzene rings is 1. The fourth-order valence-electron chi connectivity index (χ4n) is 2.02. The Morgan fingerprint density at radius 2 is 2.21 bits per heavy atom. The Balaban J connectivity index is 2.07. The summed E-state index contributed by atoms with van der Waals surface area (Å²) in [6.07, 6.45) is 5.06. The van der Waals surface area contributed by atoms with Crippen molar-refractivity contribution in [2.45, 2.75) is 18.9 Å². The van der Waals surface area contributed by atoms with E-state index in [1.54, 1.807) is 19.4 Å². The third-order valence-corrected chi connectivity index (χ3v) is 3.06. The molecule has 0 aliphatic rings. The van der Waals surface area contributed by atoms with Gasteiger partial charge in [-0.2, -0.15) is 0 Å². The maximum atomic E-state index is 13.3. The highest BCUT2D eigenvalue weighted by Gasteiger charge is 2.13. The minimum Gasteiger partial charge on any atom is -0.496 e. The number of aryl methyl sites for hydroxylation is 1. The molecule has 3 nitrogen and oxygen atoms in total. The Kier molecular flexibility index (Phi) is 4.47. The van der Waals surface area contributed by atoms with Crippen LogP contribution in [0.5, 0.6) is 5.75 Å². The van der Waals surface area contributed by atoms with Crippen LogP contribution >= 0.6 is 0 Å². The number of methoxy groups -OCH3 is 1. The zero-order chi connectivity index (χ0) is 13.7. The average molecular weight is 260 g/mol. The number of ether oxygens (including phenoxy) is 1. The molecule has 2 aromatic rings. The Morgan fingerprint density at radius 1 is 1.37 bits per heavy atom. The van der Waals surface area contributed by atoms with E-state index in [4.69, 9.17) is 10.5 Å². The predicted molar refractivity (Wildman–Crippen MR) is 72.4 cm³/mol. The van der Waals surface area contributed by atoms with Crippen molar-refractivity contribution in [1.29, 1.82) is 0 Å². The van der Waals surface area contributed by atoms with Crippen molar-refractivity contribution >= 4 is 0 Å². The Labute approximate surface area is 112 Å². The topological polar surface area (TPSA) is 48.1 Å². The fraction of sp³-hybridized carbons (Fsp3) is 0.267. The molecule has 1 atom stereocenters. The third-order valence-electron chi connectivity index (χ3n) is 3.06. The second-order valence-electron chi connectivity index (χ2n) is 4.39. The summed E-state index contributed by atoms with van der Waals surface area (Å²) in [7, 11) is 1.56. The zero-order valence-electron chi connectivity index (χ0n) is 10.8. The third kappa shape index (κ3) is 3.51. The molecule has 1 heterocycles. The van der Waals surface area contributed by atoms with Gasteiger partial charge in [-0.25, -0.2) is 4.39 Å². The van der Waals surface area contributed by atoms with Gasteiger partial charge >= 0.3 is 0 Å². The minimum atomic E-state index is -0.298. The Bertz CT molecular complexity index is 531. The first-order chi connectivity index (χ1) is 9.20. The first-order valence-corrected chi connectivity index (χ1v) is 6.18. The van der Waals surface area contributed by atoms with Crippen molar-refractivity contribution in [3.8, 4) is 5.75 Å². The number of rotatable bonds is 5. The molecule has 4 heteroatoms. The van der Waals surface area contributed by atoms with Gasteiger partial charge in [0.2, 0.25) is 0 Å². The molecular weight excluding hydrogens is 243 g/mol. The van der Waals surface area contributed by atoms with Crippen molar-refractivity contribution in [1.82, 2.24) is 4.98 Å². The van der Waals surface area contributed by atoms with Crippen LogP contribution in [-0.4, -0.2) is 12.1 Å². The minimum absolute atomic E-state index is 0.258. The van der Waals surface area contributed by atoms with E-state index >= 15 is 0 Å². The van der Waals surface area contributed by atoms with Crippen molar-refractivity contribution in [3.63, 3.8) is 0 Å². The van der Waals surface area contributed by atoms with E-state index in [0.29, 0.717) is 17.7 Å². The number of pyridine rings is 1. The van der Waals surface area contributed by atoms with Gasteiger partial charge in [-0.1, -0.05) is 6.07 Å². The molecule has 0 saturated carbocycles. The fourth-order valence-corrected chi connectivity index (χ4v) is 2.02. The maximum Gasteiger partial charge on any atom is 0.123 e. The molecule has 0 aliphatic carbocycles. The molecule has 0 radical (unpaired) electrons. The number of nitrogens with zero attached hydrogens (tertiary/aromatic N) is 1. The molecule has 0 fully saturated rings. The van der Waals surface area contributed by atoms with Crippen molar-refractivity contribution in [3.05, 3.63) is 59.7 Å². The van der Waals surface area contributed by atoms with E-state index in [1.165, 1.54) is 12.1 Å². The molecule has 100 valence electrons. The smallest absolute Gasteiger partial charge is 0.123 e. The van der Waals surface area contributed by atoms with Crippen molar-refractivity contribution in [2.75, 3.05) is 7.11 Å². The lowest BCUT2D eigenvalue weighted by Gasteiger charge is -2.15. The van der Waals surface area contributed by atoms with Crippen LogP contribution in [0.25, 0.3) is 0 Å². The molecule has 2 rings (SSSR count). The van der Waals surface area contributed by atoms with E-state index in [9.17, 15) is 4.39 Å². The second-order valence-corrected chi connectivity index (χ2v) is 4.39. The van der Waals surface area contributed by atoms with Gasteiger partial charge < -0.3 is 10.5 Å².